The van der Waals surface area contributed by atoms with E-state index in [2.05, 4.69) is 0 Å². The van der Waals surface area contributed by atoms with Crippen LogP contribution in [-0.2, 0) is 19.1 Å². The minimum Gasteiger partial charge on any atom is -0.422 e. The molecule has 2 rings (SSSR count). The molecule has 4 heteroatoms. The predicted molar refractivity (Wildman–Crippen MR) is 38.0 cm³/mol. The average Bonchev–Trinajstić information content (AvgIpc) is 2.33. The van der Waals surface area contributed by atoms with E-state index in [9.17, 15) is 9.59 Å². The minimum atomic E-state index is -0.883. The second kappa shape index (κ2) is 2.47. The van der Waals surface area contributed by atoms with Gasteiger partial charge in [-0.2, -0.15) is 0 Å². The van der Waals surface area contributed by atoms with Gasteiger partial charge in [0.05, 0.1) is 0 Å². The molecule has 0 N–H and O–H groups in total. The van der Waals surface area contributed by atoms with Crippen molar-refractivity contribution in [2.45, 2.75) is 37.9 Å². The first-order chi connectivity index (χ1) is 5.70. The number of hydrogen-bond acceptors (Lipinski definition) is 4. The van der Waals surface area contributed by atoms with E-state index in [4.69, 9.17) is 9.47 Å². The van der Waals surface area contributed by atoms with Crippen LogP contribution in [0.25, 0.3) is 0 Å². The number of hydrogen-bond donors (Lipinski definition) is 0. The monoisotopic (exact) mass is 170 g/mol. The average molecular weight is 170 g/mol. The molecule has 1 saturated heterocycles. The van der Waals surface area contributed by atoms with Crippen LogP contribution in [0.3, 0.4) is 0 Å². The predicted octanol–water partition coefficient (Wildman–Crippen LogP) is 0.747. The van der Waals surface area contributed by atoms with Crippen molar-refractivity contribution < 1.29 is 19.1 Å². The van der Waals surface area contributed by atoms with Crippen LogP contribution in [0, 0.1) is 0 Å². The van der Waals surface area contributed by atoms with Crippen molar-refractivity contribution in [1.29, 1.82) is 0 Å². The van der Waals surface area contributed by atoms with E-state index in [1.165, 1.54) is 0 Å². The Labute approximate surface area is 69.8 Å². The minimum absolute atomic E-state index is 0.234. The van der Waals surface area contributed by atoms with Crippen LogP contribution in [0.2, 0.25) is 0 Å². The zero-order valence-electron chi connectivity index (χ0n) is 6.67. The maximum atomic E-state index is 10.9. The summed E-state index contributed by atoms with van der Waals surface area (Å²) >= 11 is 0. The van der Waals surface area contributed by atoms with Crippen molar-refractivity contribution >= 4 is 11.9 Å². The molecule has 2 aliphatic rings. The van der Waals surface area contributed by atoms with E-state index in [0.717, 1.165) is 12.8 Å². The van der Waals surface area contributed by atoms with Gasteiger partial charge in [-0.05, 0) is 12.8 Å². The van der Waals surface area contributed by atoms with Gasteiger partial charge in [0.25, 0.3) is 5.79 Å². The van der Waals surface area contributed by atoms with Crippen LogP contribution in [0.15, 0.2) is 0 Å². The Morgan fingerprint density at radius 3 is 2.00 bits per heavy atom. The Morgan fingerprint density at radius 1 is 1.00 bits per heavy atom. The summed E-state index contributed by atoms with van der Waals surface area (Å²) in [4.78, 5) is 21.8. The van der Waals surface area contributed by atoms with Crippen LogP contribution < -0.4 is 0 Å². The molecule has 1 aliphatic carbocycles. The summed E-state index contributed by atoms with van der Waals surface area (Å²) < 4.78 is 10.0. The molecule has 0 aromatic heterocycles. The molecular weight excluding hydrogens is 160 g/mol. The Morgan fingerprint density at radius 2 is 1.50 bits per heavy atom. The van der Waals surface area contributed by atoms with Crippen molar-refractivity contribution in [2.75, 3.05) is 0 Å². The van der Waals surface area contributed by atoms with E-state index in [1.54, 1.807) is 0 Å². The summed E-state index contributed by atoms with van der Waals surface area (Å²) in [5.41, 5.74) is 0. The molecule has 0 unspecified atom stereocenters. The smallest absolute Gasteiger partial charge is 0.320 e. The molecule has 0 aromatic carbocycles. The lowest BCUT2D eigenvalue weighted by atomic mass is 10.2. The van der Waals surface area contributed by atoms with Crippen molar-refractivity contribution in [1.82, 2.24) is 0 Å². The van der Waals surface area contributed by atoms with Gasteiger partial charge in [-0.25, -0.2) is 0 Å². The fourth-order valence-electron chi connectivity index (χ4n) is 1.74. The molecule has 4 nitrogen and oxygen atoms in total. The topological polar surface area (TPSA) is 52.6 Å². The van der Waals surface area contributed by atoms with Crippen LogP contribution in [-0.4, -0.2) is 17.7 Å². The van der Waals surface area contributed by atoms with E-state index in [-0.39, 0.29) is 6.42 Å². The number of ether oxygens (including phenoxy) is 2. The van der Waals surface area contributed by atoms with E-state index in [0.29, 0.717) is 12.8 Å². The van der Waals surface area contributed by atoms with Crippen LogP contribution in [0.1, 0.15) is 32.1 Å². The summed E-state index contributed by atoms with van der Waals surface area (Å²) in [5, 5.41) is 0. The van der Waals surface area contributed by atoms with Crippen LogP contribution in [0.5, 0.6) is 0 Å². The molecule has 2 fully saturated rings. The van der Waals surface area contributed by atoms with Crippen molar-refractivity contribution in [2.24, 2.45) is 0 Å². The van der Waals surface area contributed by atoms with Crippen molar-refractivity contribution in [3.05, 3.63) is 0 Å². The summed E-state index contributed by atoms with van der Waals surface area (Å²) in [5.74, 6) is -1.78. The molecule has 0 radical (unpaired) electrons. The molecule has 0 aromatic rings. The first-order valence-corrected chi connectivity index (χ1v) is 4.14. The number of carbonyl (C=O) groups is 2. The maximum absolute atomic E-state index is 10.9. The van der Waals surface area contributed by atoms with Gasteiger partial charge in [-0.3, -0.25) is 9.59 Å². The summed E-state index contributed by atoms with van der Waals surface area (Å²) in [6.07, 6.45) is 3.00. The van der Waals surface area contributed by atoms with Gasteiger partial charge in [0.1, 0.15) is 6.42 Å². The van der Waals surface area contributed by atoms with Gasteiger partial charge in [-0.1, -0.05) is 0 Å². The summed E-state index contributed by atoms with van der Waals surface area (Å²) in [6.45, 7) is 0. The standard InChI is InChI=1S/C8H10O4/c9-6-5-7(10)12-8(11-6)3-1-2-4-8/h1-5H2. The van der Waals surface area contributed by atoms with Crippen LogP contribution >= 0.6 is 0 Å². The SMILES string of the molecule is O=C1CC(=O)OC2(CCCC2)O1. The highest BCUT2D eigenvalue weighted by atomic mass is 16.7. The Kier molecular flexibility index (Phi) is 1.56. The molecule has 66 valence electrons. The fraction of sp³-hybridized carbons (Fsp3) is 0.750. The molecule has 1 aliphatic heterocycles. The van der Waals surface area contributed by atoms with Gasteiger partial charge < -0.3 is 9.47 Å². The van der Waals surface area contributed by atoms with E-state index < -0.39 is 17.7 Å². The van der Waals surface area contributed by atoms with Crippen molar-refractivity contribution in [3.63, 3.8) is 0 Å². The van der Waals surface area contributed by atoms with Gasteiger partial charge >= 0.3 is 11.9 Å². The fourth-order valence-corrected chi connectivity index (χ4v) is 1.74. The summed E-state index contributed by atoms with van der Waals surface area (Å²) in [7, 11) is 0. The second-order valence-electron chi connectivity index (χ2n) is 3.24. The second-order valence-corrected chi connectivity index (χ2v) is 3.24. The largest absolute Gasteiger partial charge is 0.422 e. The molecule has 1 saturated carbocycles. The third kappa shape index (κ3) is 1.17. The van der Waals surface area contributed by atoms with E-state index >= 15 is 0 Å². The Hall–Kier alpha value is -1.06. The molecule has 1 spiro atoms. The van der Waals surface area contributed by atoms with Crippen LogP contribution in [0.4, 0.5) is 0 Å². The van der Waals surface area contributed by atoms with Gasteiger partial charge in [0.15, 0.2) is 0 Å². The lowest BCUT2D eigenvalue weighted by molar-refractivity contribution is -0.241. The maximum Gasteiger partial charge on any atom is 0.320 e. The molecule has 12 heavy (non-hydrogen) atoms. The zero-order valence-corrected chi connectivity index (χ0v) is 6.67. The quantitative estimate of drug-likeness (QED) is 0.397. The molecule has 0 bridgehead atoms. The Balaban J connectivity index is 2.14. The highest BCUT2D eigenvalue weighted by Gasteiger charge is 2.45. The Bertz CT molecular complexity index is 209. The van der Waals surface area contributed by atoms with Gasteiger partial charge in [0, 0.05) is 12.8 Å². The first-order valence-electron chi connectivity index (χ1n) is 4.14. The lowest BCUT2D eigenvalue weighted by Crippen LogP contribution is -2.42. The highest BCUT2D eigenvalue weighted by Crippen LogP contribution is 2.36. The number of esters is 2. The van der Waals surface area contributed by atoms with Crippen molar-refractivity contribution in [3.8, 4) is 0 Å². The third-order valence-electron chi connectivity index (χ3n) is 2.25. The summed E-state index contributed by atoms with van der Waals surface area (Å²) in [6, 6.07) is 0. The van der Waals surface area contributed by atoms with E-state index in [1.807, 2.05) is 0 Å². The third-order valence-corrected chi connectivity index (χ3v) is 2.25. The normalized spacial score (nSPS) is 27.0. The lowest BCUT2D eigenvalue weighted by Gasteiger charge is -2.31. The molecule has 1 heterocycles. The molecular formula is C8H10O4. The van der Waals surface area contributed by atoms with Gasteiger partial charge in [0.2, 0.25) is 0 Å². The number of rotatable bonds is 0. The molecule has 0 atom stereocenters. The zero-order chi connectivity index (χ0) is 8.60. The first kappa shape index (κ1) is 7.58. The highest BCUT2D eigenvalue weighted by molar-refractivity contribution is 5.93. The molecule has 0 amide bonds. The van der Waals surface area contributed by atoms with Gasteiger partial charge in [-0.15, -0.1) is 0 Å². The number of carbonyl (C=O) groups excluding carboxylic acids is 2.